The molecule has 1 atom stereocenters. The van der Waals surface area contributed by atoms with Gasteiger partial charge in [0.15, 0.2) is 0 Å². The Bertz CT molecular complexity index is 713. The van der Waals surface area contributed by atoms with Crippen LogP contribution in [0.15, 0.2) is 42.5 Å². The number of fused-ring (bicyclic) bond motifs is 5. The number of hydrogen-bond acceptors (Lipinski definition) is 2. The predicted octanol–water partition coefficient (Wildman–Crippen LogP) is 3.40. The molecule has 2 heterocycles. The number of benzene rings is 2. The van der Waals surface area contributed by atoms with Crippen LogP contribution in [0.2, 0.25) is 5.02 Å². The average molecular weight is 285 g/mol. The standard InChI is InChI=1S/C16H13ClN2O/c17-11-5-6-13-14(9-11)19-8-7-10-3-1-2-4-12(10)15(19)16(20)18-13/h1-6,9,15H,7-8H2,(H,18,20). The minimum atomic E-state index is -0.245. The van der Waals surface area contributed by atoms with E-state index >= 15 is 0 Å². The van der Waals surface area contributed by atoms with Gasteiger partial charge in [-0.15, -0.1) is 0 Å². The SMILES string of the molecule is O=C1Nc2ccc(Cl)cc2N2CCc3ccccc3C12. The largest absolute Gasteiger partial charge is 0.354 e. The summed E-state index contributed by atoms with van der Waals surface area (Å²) in [6, 6.07) is 13.5. The molecule has 100 valence electrons. The molecule has 2 aromatic carbocycles. The van der Waals surface area contributed by atoms with Gasteiger partial charge in [0.1, 0.15) is 6.04 Å². The van der Waals surface area contributed by atoms with Crippen molar-refractivity contribution in [2.45, 2.75) is 12.5 Å². The summed E-state index contributed by atoms with van der Waals surface area (Å²) in [5, 5.41) is 3.68. The van der Waals surface area contributed by atoms with Gasteiger partial charge in [0, 0.05) is 11.6 Å². The number of nitrogens with zero attached hydrogens (tertiary/aromatic N) is 1. The Labute approximate surface area is 122 Å². The fourth-order valence-corrected chi connectivity index (χ4v) is 3.32. The van der Waals surface area contributed by atoms with E-state index in [-0.39, 0.29) is 11.9 Å². The van der Waals surface area contributed by atoms with Crippen molar-refractivity contribution in [2.75, 3.05) is 16.8 Å². The van der Waals surface area contributed by atoms with Gasteiger partial charge in [0.25, 0.3) is 5.91 Å². The van der Waals surface area contributed by atoms with Crippen LogP contribution in [0.1, 0.15) is 17.2 Å². The molecule has 2 aliphatic heterocycles. The first-order valence-corrected chi connectivity index (χ1v) is 7.07. The van der Waals surface area contributed by atoms with Crippen LogP contribution in [-0.4, -0.2) is 12.5 Å². The minimum absolute atomic E-state index is 0.0342. The minimum Gasteiger partial charge on any atom is -0.354 e. The van der Waals surface area contributed by atoms with Gasteiger partial charge < -0.3 is 10.2 Å². The van der Waals surface area contributed by atoms with E-state index in [9.17, 15) is 4.79 Å². The Morgan fingerprint density at radius 3 is 2.95 bits per heavy atom. The molecule has 0 spiro atoms. The highest BCUT2D eigenvalue weighted by atomic mass is 35.5. The average Bonchev–Trinajstić information content (AvgIpc) is 2.47. The third kappa shape index (κ3) is 1.63. The summed E-state index contributed by atoms with van der Waals surface area (Å²) in [5.74, 6) is 0.0342. The molecular weight excluding hydrogens is 272 g/mol. The second-order valence-electron chi connectivity index (χ2n) is 5.20. The van der Waals surface area contributed by atoms with E-state index in [1.807, 2.05) is 30.3 Å². The van der Waals surface area contributed by atoms with Gasteiger partial charge in [-0.1, -0.05) is 35.9 Å². The quantitative estimate of drug-likeness (QED) is 0.804. The molecule has 3 nitrogen and oxygen atoms in total. The summed E-state index contributed by atoms with van der Waals surface area (Å²) in [7, 11) is 0. The Morgan fingerprint density at radius 1 is 1.20 bits per heavy atom. The highest BCUT2D eigenvalue weighted by Crippen LogP contribution is 2.42. The molecule has 0 saturated carbocycles. The summed E-state index contributed by atoms with van der Waals surface area (Å²) >= 11 is 6.11. The summed E-state index contributed by atoms with van der Waals surface area (Å²) in [6.45, 7) is 0.836. The highest BCUT2D eigenvalue weighted by molar-refractivity contribution is 6.31. The van der Waals surface area contributed by atoms with Crippen molar-refractivity contribution in [3.8, 4) is 0 Å². The van der Waals surface area contributed by atoms with Crippen LogP contribution >= 0.6 is 11.6 Å². The molecule has 1 unspecified atom stereocenters. The molecule has 20 heavy (non-hydrogen) atoms. The van der Waals surface area contributed by atoms with Crippen LogP contribution in [-0.2, 0) is 11.2 Å². The van der Waals surface area contributed by atoms with E-state index in [1.54, 1.807) is 6.07 Å². The van der Waals surface area contributed by atoms with Crippen molar-refractivity contribution in [1.82, 2.24) is 0 Å². The summed E-state index contributed by atoms with van der Waals surface area (Å²) in [5.41, 5.74) is 4.21. The van der Waals surface area contributed by atoms with Gasteiger partial charge in [-0.25, -0.2) is 0 Å². The number of halogens is 1. The maximum Gasteiger partial charge on any atom is 0.251 e. The molecule has 2 aliphatic rings. The van der Waals surface area contributed by atoms with E-state index in [2.05, 4.69) is 16.3 Å². The third-order valence-corrected chi connectivity index (χ3v) is 4.29. The normalized spacial score (nSPS) is 19.8. The highest BCUT2D eigenvalue weighted by Gasteiger charge is 2.37. The van der Waals surface area contributed by atoms with Crippen molar-refractivity contribution in [1.29, 1.82) is 0 Å². The lowest BCUT2D eigenvalue weighted by atomic mass is 9.90. The van der Waals surface area contributed by atoms with Crippen molar-refractivity contribution in [3.63, 3.8) is 0 Å². The smallest absolute Gasteiger partial charge is 0.251 e. The van der Waals surface area contributed by atoms with Crippen molar-refractivity contribution in [2.24, 2.45) is 0 Å². The second kappa shape index (κ2) is 4.25. The van der Waals surface area contributed by atoms with E-state index in [1.165, 1.54) is 5.56 Å². The zero-order chi connectivity index (χ0) is 13.7. The van der Waals surface area contributed by atoms with Crippen molar-refractivity contribution in [3.05, 3.63) is 58.6 Å². The molecule has 0 aliphatic carbocycles. The van der Waals surface area contributed by atoms with Crippen LogP contribution in [0, 0.1) is 0 Å². The maximum atomic E-state index is 12.5. The number of rotatable bonds is 0. The fourth-order valence-electron chi connectivity index (χ4n) is 3.16. The lowest BCUT2D eigenvalue weighted by Gasteiger charge is -2.42. The first kappa shape index (κ1) is 11.8. The molecule has 0 aromatic heterocycles. The molecular formula is C16H13ClN2O. The Kier molecular flexibility index (Phi) is 2.51. The molecule has 4 heteroatoms. The van der Waals surface area contributed by atoms with Gasteiger partial charge >= 0.3 is 0 Å². The zero-order valence-corrected chi connectivity index (χ0v) is 11.5. The molecule has 1 N–H and O–H groups in total. The first-order chi connectivity index (χ1) is 9.74. The maximum absolute atomic E-state index is 12.5. The third-order valence-electron chi connectivity index (χ3n) is 4.06. The van der Waals surface area contributed by atoms with Gasteiger partial charge in [-0.3, -0.25) is 4.79 Å². The van der Waals surface area contributed by atoms with Crippen LogP contribution in [0.25, 0.3) is 0 Å². The molecule has 0 bridgehead atoms. The number of carbonyl (C=O) groups excluding carboxylic acids is 1. The molecule has 1 amide bonds. The van der Waals surface area contributed by atoms with E-state index < -0.39 is 0 Å². The molecule has 4 rings (SSSR count). The van der Waals surface area contributed by atoms with Crippen LogP contribution in [0.5, 0.6) is 0 Å². The van der Waals surface area contributed by atoms with Crippen LogP contribution < -0.4 is 10.2 Å². The van der Waals surface area contributed by atoms with Gasteiger partial charge in [-0.05, 0) is 35.7 Å². The summed E-state index contributed by atoms with van der Waals surface area (Å²) < 4.78 is 0. The summed E-state index contributed by atoms with van der Waals surface area (Å²) in [4.78, 5) is 14.6. The Morgan fingerprint density at radius 2 is 2.05 bits per heavy atom. The van der Waals surface area contributed by atoms with Crippen molar-refractivity contribution < 1.29 is 4.79 Å². The first-order valence-electron chi connectivity index (χ1n) is 6.69. The monoisotopic (exact) mass is 284 g/mol. The number of hydrogen-bond donors (Lipinski definition) is 1. The molecule has 0 radical (unpaired) electrons. The topological polar surface area (TPSA) is 32.3 Å². The zero-order valence-electron chi connectivity index (χ0n) is 10.8. The number of nitrogens with one attached hydrogen (secondary N) is 1. The number of anilines is 2. The Hall–Kier alpha value is -2.00. The van der Waals surface area contributed by atoms with Gasteiger partial charge in [0.2, 0.25) is 0 Å². The molecule has 0 saturated heterocycles. The summed E-state index contributed by atoms with van der Waals surface area (Å²) in [6.07, 6.45) is 0.950. The number of amides is 1. The lowest BCUT2D eigenvalue weighted by molar-refractivity contribution is -0.117. The van der Waals surface area contributed by atoms with Gasteiger partial charge in [0.05, 0.1) is 11.4 Å². The van der Waals surface area contributed by atoms with Crippen LogP contribution in [0.3, 0.4) is 0 Å². The van der Waals surface area contributed by atoms with Crippen LogP contribution in [0.4, 0.5) is 11.4 Å². The van der Waals surface area contributed by atoms with E-state index in [0.29, 0.717) is 5.02 Å². The lowest BCUT2D eigenvalue weighted by Crippen LogP contribution is -2.45. The Balaban J connectivity index is 1.89. The molecule has 0 fully saturated rings. The van der Waals surface area contributed by atoms with Gasteiger partial charge in [-0.2, -0.15) is 0 Å². The second-order valence-corrected chi connectivity index (χ2v) is 5.63. The van der Waals surface area contributed by atoms with E-state index in [0.717, 1.165) is 29.9 Å². The predicted molar refractivity (Wildman–Crippen MR) is 80.3 cm³/mol. The van der Waals surface area contributed by atoms with E-state index in [4.69, 9.17) is 11.6 Å². The fraction of sp³-hybridized carbons (Fsp3) is 0.188. The van der Waals surface area contributed by atoms with Crippen molar-refractivity contribution >= 4 is 28.9 Å². The number of carbonyl (C=O) groups is 1. The molecule has 2 aromatic rings.